The van der Waals surface area contributed by atoms with Crippen molar-refractivity contribution in [3.05, 3.63) is 76.1 Å². The van der Waals surface area contributed by atoms with Gasteiger partial charge in [-0.1, -0.05) is 24.3 Å². The topological polar surface area (TPSA) is 80.9 Å². The Hall–Kier alpha value is -3.41. The summed E-state index contributed by atoms with van der Waals surface area (Å²) in [4.78, 5) is 27.5. The normalized spacial score (nSPS) is 11.4. The molecular formula is C20H18N2O4. The van der Waals surface area contributed by atoms with Crippen molar-refractivity contribution < 1.29 is 13.9 Å². The maximum absolute atomic E-state index is 12.0. The summed E-state index contributed by atoms with van der Waals surface area (Å²) in [5.74, 6) is 0.309. The lowest BCUT2D eigenvalue weighted by Gasteiger charge is -2.12. The highest BCUT2D eigenvalue weighted by Crippen LogP contribution is 2.21. The second kappa shape index (κ2) is 7.65. The number of likely N-dealkylation sites (N-methyl/N-ethyl adjacent to an activating group) is 1. The van der Waals surface area contributed by atoms with E-state index in [9.17, 15) is 9.59 Å². The zero-order valence-electron chi connectivity index (χ0n) is 14.5. The van der Waals surface area contributed by atoms with Crippen molar-refractivity contribution >= 4 is 22.6 Å². The molecule has 0 radical (unpaired) electrons. The summed E-state index contributed by atoms with van der Waals surface area (Å²) < 4.78 is 11.0. The first-order valence-corrected chi connectivity index (χ1v) is 8.06. The van der Waals surface area contributed by atoms with Gasteiger partial charge in [0.15, 0.2) is 0 Å². The fourth-order valence-corrected chi connectivity index (χ4v) is 2.63. The number of amides is 1. The van der Waals surface area contributed by atoms with Gasteiger partial charge in [-0.2, -0.15) is 0 Å². The Balaban J connectivity index is 1.86. The molecule has 1 N–H and O–H groups in total. The highest BCUT2D eigenvalue weighted by atomic mass is 16.5. The smallest absolute Gasteiger partial charge is 0.336 e. The Kier molecular flexibility index (Phi) is 5.12. The van der Waals surface area contributed by atoms with E-state index in [-0.39, 0.29) is 12.5 Å². The van der Waals surface area contributed by atoms with Crippen LogP contribution >= 0.6 is 0 Å². The van der Waals surface area contributed by atoms with Crippen molar-refractivity contribution in [1.82, 2.24) is 5.32 Å². The molecule has 26 heavy (non-hydrogen) atoms. The zero-order chi connectivity index (χ0) is 18.5. The van der Waals surface area contributed by atoms with Crippen LogP contribution in [0.4, 0.5) is 0 Å². The Labute approximate surface area is 150 Å². The Morgan fingerprint density at radius 3 is 2.69 bits per heavy atom. The second-order valence-electron chi connectivity index (χ2n) is 5.55. The minimum atomic E-state index is -0.408. The highest BCUT2D eigenvalue weighted by molar-refractivity contribution is 6.45. The van der Waals surface area contributed by atoms with Crippen molar-refractivity contribution in [2.45, 2.75) is 6.61 Å². The van der Waals surface area contributed by atoms with Gasteiger partial charge in [0.25, 0.3) is 5.91 Å². The van der Waals surface area contributed by atoms with E-state index in [0.29, 0.717) is 22.6 Å². The quantitative estimate of drug-likeness (QED) is 0.566. The molecule has 132 valence electrons. The van der Waals surface area contributed by atoms with Crippen LogP contribution in [0.15, 0.2) is 68.8 Å². The summed E-state index contributed by atoms with van der Waals surface area (Å²) in [6, 6.07) is 15.8. The Morgan fingerprint density at radius 1 is 1.15 bits per heavy atom. The van der Waals surface area contributed by atoms with Crippen LogP contribution in [0.25, 0.3) is 11.0 Å². The number of rotatable bonds is 5. The largest absolute Gasteiger partial charge is 0.489 e. The number of carbonyl (C=O) groups is 1. The number of carbonyl (C=O) groups excluding carboxylic acids is 1. The lowest BCUT2D eigenvalue weighted by molar-refractivity contribution is -0.114. The molecule has 0 aliphatic carbocycles. The van der Waals surface area contributed by atoms with E-state index in [1.807, 2.05) is 30.3 Å². The molecule has 0 saturated heterocycles. The number of nitrogens with one attached hydrogen (secondary N) is 1. The molecule has 1 aromatic heterocycles. The molecule has 0 unspecified atom stereocenters. The fourth-order valence-electron chi connectivity index (χ4n) is 2.63. The summed E-state index contributed by atoms with van der Waals surface area (Å²) in [6.45, 7) is 0.245. The van der Waals surface area contributed by atoms with Crippen molar-refractivity contribution in [3.8, 4) is 5.75 Å². The van der Waals surface area contributed by atoms with Gasteiger partial charge in [-0.3, -0.25) is 9.79 Å². The van der Waals surface area contributed by atoms with Crippen LogP contribution in [0.2, 0.25) is 0 Å². The van der Waals surface area contributed by atoms with Crippen molar-refractivity contribution in [1.29, 1.82) is 0 Å². The average Bonchev–Trinajstić information content (AvgIpc) is 2.67. The van der Waals surface area contributed by atoms with Gasteiger partial charge in [-0.05, 0) is 23.8 Å². The van der Waals surface area contributed by atoms with E-state index in [4.69, 9.17) is 9.15 Å². The number of benzene rings is 2. The number of aliphatic imine (C=N–C) groups is 1. The van der Waals surface area contributed by atoms with Gasteiger partial charge in [0.05, 0.1) is 0 Å². The Bertz CT molecular complexity index is 1040. The summed E-state index contributed by atoms with van der Waals surface area (Å²) in [6.07, 6.45) is 0. The van der Waals surface area contributed by atoms with Crippen LogP contribution < -0.4 is 15.7 Å². The van der Waals surface area contributed by atoms with E-state index in [0.717, 1.165) is 10.9 Å². The van der Waals surface area contributed by atoms with Crippen LogP contribution in [-0.4, -0.2) is 25.7 Å². The molecule has 0 aliphatic rings. The minimum Gasteiger partial charge on any atom is -0.489 e. The van der Waals surface area contributed by atoms with Gasteiger partial charge in [-0.15, -0.1) is 0 Å². The molecule has 0 fully saturated rings. The number of nitrogens with zero attached hydrogens (tertiary/aromatic N) is 1. The van der Waals surface area contributed by atoms with Crippen molar-refractivity contribution in [3.63, 3.8) is 0 Å². The first-order valence-electron chi connectivity index (χ1n) is 8.06. The molecule has 3 aromatic rings. The highest BCUT2D eigenvalue weighted by Gasteiger charge is 2.15. The van der Waals surface area contributed by atoms with Gasteiger partial charge >= 0.3 is 5.63 Å². The minimum absolute atomic E-state index is 0.245. The number of hydrogen-bond acceptors (Lipinski definition) is 5. The third-order valence-corrected chi connectivity index (χ3v) is 3.93. The predicted octanol–water partition coefficient (Wildman–Crippen LogP) is 2.54. The van der Waals surface area contributed by atoms with Crippen molar-refractivity contribution in [2.75, 3.05) is 14.1 Å². The Morgan fingerprint density at radius 2 is 1.92 bits per heavy atom. The molecule has 0 bridgehead atoms. The molecule has 1 heterocycles. The molecule has 1 amide bonds. The van der Waals surface area contributed by atoms with Crippen LogP contribution in [0, 0.1) is 0 Å². The molecule has 0 aliphatic heterocycles. The predicted molar refractivity (Wildman–Crippen MR) is 99.8 cm³/mol. The van der Waals surface area contributed by atoms with Crippen LogP contribution in [-0.2, 0) is 11.4 Å². The molecule has 0 saturated carbocycles. The summed E-state index contributed by atoms with van der Waals surface area (Å²) in [5.41, 5.74) is 1.93. The number of fused-ring (bicyclic) bond motifs is 1. The van der Waals surface area contributed by atoms with E-state index in [1.165, 1.54) is 6.07 Å². The van der Waals surface area contributed by atoms with E-state index >= 15 is 0 Å². The third-order valence-electron chi connectivity index (χ3n) is 3.93. The fraction of sp³-hybridized carbons (Fsp3) is 0.150. The van der Waals surface area contributed by atoms with Crippen LogP contribution in [0.3, 0.4) is 0 Å². The van der Waals surface area contributed by atoms with Crippen molar-refractivity contribution in [2.24, 2.45) is 4.99 Å². The maximum Gasteiger partial charge on any atom is 0.336 e. The van der Waals surface area contributed by atoms with E-state index < -0.39 is 5.63 Å². The monoisotopic (exact) mass is 350 g/mol. The first-order chi connectivity index (χ1) is 12.6. The van der Waals surface area contributed by atoms with Gasteiger partial charge in [0.1, 0.15) is 23.7 Å². The van der Waals surface area contributed by atoms with Crippen LogP contribution in [0.5, 0.6) is 5.75 Å². The van der Waals surface area contributed by atoms with Gasteiger partial charge in [-0.25, -0.2) is 4.79 Å². The lowest BCUT2D eigenvalue weighted by Crippen LogP contribution is -2.29. The van der Waals surface area contributed by atoms with Gasteiger partial charge in [0, 0.05) is 37.2 Å². The SMILES string of the molecule is C/N=C(/C(=O)NC)c1ccccc1COc1ccc2ccc(=O)oc2c1. The molecule has 0 atom stereocenters. The molecule has 6 nitrogen and oxygen atoms in total. The second-order valence-corrected chi connectivity index (χ2v) is 5.55. The van der Waals surface area contributed by atoms with E-state index in [1.54, 1.807) is 32.3 Å². The third kappa shape index (κ3) is 3.64. The van der Waals surface area contributed by atoms with Crippen LogP contribution in [0.1, 0.15) is 11.1 Å². The molecule has 3 rings (SSSR count). The molecular weight excluding hydrogens is 332 g/mol. The first kappa shape index (κ1) is 17.4. The molecule has 6 heteroatoms. The molecule has 2 aromatic carbocycles. The summed E-state index contributed by atoms with van der Waals surface area (Å²) in [7, 11) is 3.14. The summed E-state index contributed by atoms with van der Waals surface area (Å²) in [5, 5.41) is 3.41. The lowest BCUT2D eigenvalue weighted by atomic mass is 10.0. The number of hydrogen-bond donors (Lipinski definition) is 1. The average molecular weight is 350 g/mol. The van der Waals surface area contributed by atoms with Gasteiger partial charge in [0.2, 0.25) is 0 Å². The maximum atomic E-state index is 12.0. The van der Waals surface area contributed by atoms with Gasteiger partial charge < -0.3 is 14.5 Å². The summed E-state index contributed by atoms with van der Waals surface area (Å²) >= 11 is 0. The van der Waals surface area contributed by atoms with E-state index in [2.05, 4.69) is 10.3 Å². The zero-order valence-corrected chi connectivity index (χ0v) is 14.5. The molecule has 0 spiro atoms. The standard InChI is InChI=1S/C20H18N2O4/c1-21-19(20(24)22-2)16-6-4-3-5-14(16)12-25-15-9-7-13-8-10-18(23)26-17(13)11-15/h3-11H,12H2,1-2H3,(H,22,24)/b21-19+. The number of ether oxygens (including phenoxy) is 1.